The summed E-state index contributed by atoms with van der Waals surface area (Å²) in [7, 11) is 3.23. The van der Waals surface area contributed by atoms with E-state index in [9.17, 15) is 4.79 Å². The molecule has 0 radical (unpaired) electrons. The van der Waals surface area contributed by atoms with Gasteiger partial charge in [-0.05, 0) is 26.0 Å². The summed E-state index contributed by atoms with van der Waals surface area (Å²) in [5.74, 6) is -0.269. The number of esters is 1. The standard InChI is InChI=1S/C10H14ClNO2S/c1-10(2,9(13)14-4)12(3)8-6-5-7(11)15-8/h5-6H,1-4H3. The molecular weight excluding hydrogens is 234 g/mol. The van der Waals surface area contributed by atoms with Gasteiger partial charge in [0.05, 0.1) is 16.4 Å². The molecule has 3 nitrogen and oxygen atoms in total. The highest BCUT2D eigenvalue weighted by molar-refractivity contribution is 7.19. The first-order valence-electron chi connectivity index (χ1n) is 4.47. The van der Waals surface area contributed by atoms with Gasteiger partial charge in [-0.1, -0.05) is 11.6 Å². The Morgan fingerprint density at radius 3 is 2.53 bits per heavy atom. The SMILES string of the molecule is COC(=O)C(C)(C)N(C)c1ccc(Cl)s1. The number of hydrogen-bond acceptors (Lipinski definition) is 4. The van der Waals surface area contributed by atoms with Crippen LogP contribution >= 0.6 is 22.9 Å². The van der Waals surface area contributed by atoms with Gasteiger partial charge in [0.2, 0.25) is 0 Å². The van der Waals surface area contributed by atoms with E-state index in [1.165, 1.54) is 18.4 Å². The maximum absolute atomic E-state index is 11.6. The number of methoxy groups -OCH3 is 1. The van der Waals surface area contributed by atoms with Gasteiger partial charge in [0, 0.05) is 7.05 Å². The van der Waals surface area contributed by atoms with E-state index in [0.717, 1.165) is 5.00 Å². The fourth-order valence-electron chi connectivity index (χ4n) is 1.15. The molecule has 0 unspecified atom stereocenters. The van der Waals surface area contributed by atoms with Gasteiger partial charge in [0.1, 0.15) is 5.54 Å². The molecule has 5 heteroatoms. The zero-order valence-electron chi connectivity index (χ0n) is 9.20. The van der Waals surface area contributed by atoms with Gasteiger partial charge in [-0.2, -0.15) is 0 Å². The summed E-state index contributed by atoms with van der Waals surface area (Å²) in [6.07, 6.45) is 0. The number of hydrogen-bond donors (Lipinski definition) is 0. The Morgan fingerprint density at radius 1 is 1.53 bits per heavy atom. The second kappa shape index (κ2) is 4.41. The lowest BCUT2D eigenvalue weighted by atomic mass is 10.0. The molecular formula is C10H14ClNO2S. The molecule has 0 saturated heterocycles. The summed E-state index contributed by atoms with van der Waals surface area (Å²) in [5, 5.41) is 0.940. The first-order valence-corrected chi connectivity index (χ1v) is 5.66. The number of halogens is 1. The lowest BCUT2D eigenvalue weighted by Crippen LogP contribution is -2.48. The molecule has 1 aromatic rings. The molecule has 1 aromatic heterocycles. The summed E-state index contributed by atoms with van der Waals surface area (Å²) in [4.78, 5) is 13.4. The highest BCUT2D eigenvalue weighted by atomic mass is 35.5. The summed E-state index contributed by atoms with van der Waals surface area (Å²) in [6, 6.07) is 3.70. The number of carbonyl (C=O) groups excluding carboxylic acids is 1. The molecule has 0 amide bonds. The molecule has 0 saturated carbocycles. The third-order valence-electron chi connectivity index (χ3n) is 2.41. The van der Waals surface area contributed by atoms with Gasteiger partial charge in [0.25, 0.3) is 0 Å². The zero-order chi connectivity index (χ0) is 11.6. The van der Waals surface area contributed by atoms with E-state index in [4.69, 9.17) is 16.3 Å². The Kier molecular flexibility index (Phi) is 3.62. The minimum atomic E-state index is -0.692. The van der Waals surface area contributed by atoms with E-state index < -0.39 is 5.54 Å². The Morgan fingerprint density at radius 2 is 2.13 bits per heavy atom. The van der Waals surface area contributed by atoms with Crippen LogP contribution in [0.2, 0.25) is 4.34 Å². The smallest absolute Gasteiger partial charge is 0.331 e. The van der Waals surface area contributed by atoms with Crippen molar-refractivity contribution in [2.24, 2.45) is 0 Å². The minimum Gasteiger partial charge on any atom is -0.467 e. The maximum Gasteiger partial charge on any atom is 0.331 e. The van der Waals surface area contributed by atoms with Gasteiger partial charge in [-0.25, -0.2) is 4.79 Å². The maximum atomic E-state index is 11.6. The highest BCUT2D eigenvalue weighted by Crippen LogP contribution is 2.32. The van der Waals surface area contributed by atoms with Crippen LogP contribution in [0.25, 0.3) is 0 Å². The largest absolute Gasteiger partial charge is 0.467 e. The number of thiophene rings is 1. The van der Waals surface area contributed by atoms with Crippen molar-refractivity contribution in [3.05, 3.63) is 16.5 Å². The lowest BCUT2D eigenvalue weighted by molar-refractivity contribution is -0.145. The summed E-state index contributed by atoms with van der Waals surface area (Å²) < 4.78 is 5.46. The average molecular weight is 248 g/mol. The van der Waals surface area contributed by atoms with E-state index in [1.54, 1.807) is 0 Å². The third-order valence-corrected chi connectivity index (χ3v) is 3.72. The molecule has 0 aliphatic carbocycles. The van der Waals surface area contributed by atoms with Crippen LogP contribution in [0.5, 0.6) is 0 Å². The van der Waals surface area contributed by atoms with Crippen molar-refractivity contribution in [2.75, 3.05) is 19.1 Å². The number of nitrogens with zero attached hydrogens (tertiary/aromatic N) is 1. The van der Waals surface area contributed by atoms with Crippen molar-refractivity contribution in [2.45, 2.75) is 19.4 Å². The van der Waals surface area contributed by atoms with Crippen molar-refractivity contribution in [3.63, 3.8) is 0 Å². The van der Waals surface area contributed by atoms with Crippen molar-refractivity contribution in [1.29, 1.82) is 0 Å². The van der Waals surface area contributed by atoms with E-state index in [0.29, 0.717) is 4.34 Å². The molecule has 0 fully saturated rings. The third kappa shape index (κ3) is 2.44. The number of carbonyl (C=O) groups is 1. The van der Waals surface area contributed by atoms with Crippen molar-refractivity contribution < 1.29 is 9.53 Å². The number of anilines is 1. The van der Waals surface area contributed by atoms with Crippen molar-refractivity contribution in [3.8, 4) is 0 Å². The molecule has 0 N–H and O–H groups in total. The van der Waals surface area contributed by atoms with Crippen LogP contribution in [-0.2, 0) is 9.53 Å². The monoisotopic (exact) mass is 247 g/mol. The average Bonchev–Trinajstić information content (AvgIpc) is 2.62. The quantitative estimate of drug-likeness (QED) is 0.770. The van der Waals surface area contributed by atoms with Gasteiger partial charge in [-0.15, -0.1) is 11.3 Å². The van der Waals surface area contributed by atoms with Crippen molar-refractivity contribution in [1.82, 2.24) is 0 Å². The van der Waals surface area contributed by atoms with E-state index in [1.807, 2.05) is 37.9 Å². The Bertz CT molecular complexity index is 362. The Labute approximate surface area is 98.6 Å². The summed E-state index contributed by atoms with van der Waals surface area (Å²) >= 11 is 7.28. The fourth-order valence-corrected chi connectivity index (χ4v) is 2.28. The second-order valence-electron chi connectivity index (χ2n) is 3.69. The zero-order valence-corrected chi connectivity index (χ0v) is 10.8. The van der Waals surface area contributed by atoms with E-state index in [2.05, 4.69) is 0 Å². The number of likely N-dealkylation sites (N-methyl/N-ethyl adjacent to an activating group) is 1. The van der Waals surface area contributed by atoms with Gasteiger partial charge >= 0.3 is 5.97 Å². The van der Waals surface area contributed by atoms with Crippen LogP contribution in [0, 0.1) is 0 Å². The Balaban J connectivity index is 2.93. The Hall–Kier alpha value is -0.740. The normalized spacial score (nSPS) is 11.3. The van der Waals surface area contributed by atoms with Crippen LogP contribution in [0.15, 0.2) is 12.1 Å². The minimum absolute atomic E-state index is 0.269. The molecule has 0 bridgehead atoms. The first kappa shape index (κ1) is 12.3. The topological polar surface area (TPSA) is 29.5 Å². The van der Waals surface area contributed by atoms with E-state index >= 15 is 0 Å². The molecule has 84 valence electrons. The second-order valence-corrected chi connectivity index (χ2v) is 5.38. The van der Waals surface area contributed by atoms with Gasteiger partial charge < -0.3 is 9.64 Å². The molecule has 15 heavy (non-hydrogen) atoms. The van der Waals surface area contributed by atoms with Crippen LogP contribution in [0.4, 0.5) is 5.00 Å². The predicted molar refractivity (Wildman–Crippen MR) is 63.8 cm³/mol. The molecule has 0 atom stereocenters. The molecule has 0 spiro atoms. The van der Waals surface area contributed by atoms with E-state index in [-0.39, 0.29) is 5.97 Å². The van der Waals surface area contributed by atoms with Crippen LogP contribution in [0.1, 0.15) is 13.8 Å². The number of rotatable bonds is 3. The van der Waals surface area contributed by atoms with Gasteiger partial charge in [-0.3, -0.25) is 0 Å². The van der Waals surface area contributed by atoms with Crippen LogP contribution in [-0.4, -0.2) is 25.7 Å². The summed E-state index contributed by atoms with van der Waals surface area (Å²) in [5.41, 5.74) is -0.692. The lowest BCUT2D eigenvalue weighted by Gasteiger charge is -2.33. The highest BCUT2D eigenvalue weighted by Gasteiger charge is 2.34. The predicted octanol–water partition coefficient (Wildman–Crippen LogP) is 2.79. The molecule has 1 rings (SSSR count). The number of ether oxygens (including phenoxy) is 1. The van der Waals surface area contributed by atoms with Crippen LogP contribution in [0.3, 0.4) is 0 Å². The molecule has 0 aliphatic rings. The van der Waals surface area contributed by atoms with Crippen LogP contribution < -0.4 is 4.90 Å². The molecule has 0 aliphatic heterocycles. The van der Waals surface area contributed by atoms with Crippen molar-refractivity contribution >= 4 is 33.9 Å². The first-order chi connectivity index (χ1) is 6.89. The van der Waals surface area contributed by atoms with Gasteiger partial charge in [0.15, 0.2) is 0 Å². The fraction of sp³-hybridized carbons (Fsp3) is 0.500. The summed E-state index contributed by atoms with van der Waals surface area (Å²) in [6.45, 7) is 3.62. The molecule has 1 heterocycles. The molecule has 0 aromatic carbocycles.